The van der Waals surface area contributed by atoms with Gasteiger partial charge in [-0.2, -0.15) is 0 Å². The van der Waals surface area contributed by atoms with Gasteiger partial charge in [-0.3, -0.25) is 0 Å². The number of hydrogen-bond acceptors (Lipinski definition) is 2. The Labute approximate surface area is 120 Å². The molecule has 2 aliphatic rings. The van der Waals surface area contributed by atoms with Crippen LogP contribution in [0.4, 0.5) is 0 Å². The quantitative estimate of drug-likeness (QED) is 0.792. The molecule has 2 fully saturated rings. The van der Waals surface area contributed by atoms with Crippen LogP contribution in [-0.2, 0) is 0 Å². The molecule has 0 amide bonds. The molecule has 112 valence electrons. The highest BCUT2D eigenvalue weighted by atomic mass is 15.0. The first kappa shape index (κ1) is 15.3. The molecule has 2 N–H and O–H groups in total. The molecule has 5 atom stereocenters. The zero-order valence-corrected chi connectivity index (χ0v) is 13.3. The van der Waals surface area contributed by atoms with Crippen LogP contribution < -0.4 is 10.6 Å². The van der Waals surface area contributed by atoms with Crippen molar-refractivity contribution in [2.75, 3.05) is 6.54 Å². The van der Waals surface area contributed by atoms with Gasteiger partial charge in [-0.1, -0.05) is 39.5 Å². The first-order chi connectivity index (χ1) is 9.13. The van der Waals surface area contributed by atoms with E-state index in [4.69, 9.17) is 0 Å². The second-order valence-corrected chi connectivity index (χ2v) is 7.41. The van der Waals surface area contributed by atoms with E-state index in [-0.39, 0.29) is 0 Å². The molecule has 0 spiro atoms. The van der Waals surface area contributed by atoms with Crippen molar-refractivity contribution >= 4 is 0 Å². The number of nitrogens with one attached hydrogen (secondary N) is 2. The van der Waals surface area contributed by atoms with E-state index in [0.717, 1.165) is 30.5 Å². The van der Waals surface area contributed by atoms with E-state index in [1.165, 1.54) is 51.4 Å². The molecule has 2 saturated carbocycles. The Hall–Kier alpha value is -0.0800. The summed E-state index contributed by atoms with van der Waals surface area (Å²) in [6.07, 6.45) is 11.2. The molecular weight excluding hydrogens is 232 g/mol. The lowest BCUT2D eigenvalue weighted by molar-refractivity contribution is 0.264. The second kappa shape index (κ2) is 7.64. The van der Waals surface area contributed by atoms with Gasteiger partial charge in [0.2, 0.25) is 0 Å². The van der Waals surface area contributed by atoms with Crippen molar-refractivity contribution in [3.63, 3.8) is 0 Å². The maximum absolute atomic E-state index is 3.84. The third-order valence-corrected chi connectivity index (χ3v) is 5.11. The summed E-state index contributed by atoms with van der Waals surface area (Å²) in [5.41, 5.74) is 0. The Kier molecular flexibility index (Phi) is 6.15. The molecule has 2 rings (SSSR count). The molecule has 0 aromatic carbocycles. The van der Waals surface area contributed by atoms with E-state index in [1.54, 1.807) is 0 Å². The highest BCUT2D eigenvalue weighted by Crippen LogP contribution is 2.24. The lowest BCUT2D eigenvalue weighted by Crippen LogP contribution is -2.46. The predicted molar refractivity (Wildman–Crippen MR) is 83.4 cm³/mol. The molecule has 0 saturated heterocycles. The Bertz CT molecular complexity index is 254. The standard InChI is InChI=1S/C17H34N2/c1-13-6-4-8-16(10-13)18-12-15(3)19-17-9-5-7-14(2)11-17/h13-19H,4-12H2,1-3H3. The fourth-order valence-corrected chi connectivity index (χ4v) is 4.01. The molecule has 19 heavy (non-hydrogen) atoms. The van der Waals surface area contributed by atoms with Crippen molar-refractivity contribution in [1.29, 1.82) is 0 Å². The van der Waals surface area contributed by atoms with Crippen LogP contribution in [0.15, 0.2) is 0 Å². The zero-order valence-electron chi connectivity index (χ0n) is 13.3. The van der Waals surface area contributed by atoms with Gasteiger partial charge in [0.15, 0.2) is 0 Å². The van der Waals surface area contributed by atoms with Gasteiger partial charge in [0.05, 0.1) is 0 Å². The Balaban J connectivity index is 1.62. The molecular formula is C17H34N2. The van der Waals surface area contributed by atoms with E-state index < -0.39 is 0 Å². The molecule has 0 aliphatic heterocycles. The summed E-state index contributed by atoms with van der Waals surface area (Å²) in [6.45, 7) is 8.29. The highest BCUT2D eigenvalue weighted by molar-refractivity contribution is 4.81. The monoisotopic (exact) mass is 266 g/mol. The minimum Gasteiger partial charge on any atom is -0.312 e. The molecule has 5 unspecified atom stereocenters. The van der Waals surface area contributed by atoms with Crippen LogP contribution in [0, 0.1) is 11.8 Å². The third-order valence-electron chi connectivity index (χ3n) is 5.11. The summed E-state index contributed by atoms with van der Waals surface area (Å²) in [5.74, 6) is 1.85. The van der Waals surface area contributed by atoms with Gasteiger partial charge in [-0.25, -0.2) is 0 Å². The topological polar surface area (TPSA) is 24.1 Å². The van der Waals surface area contributed by atoms with E-state index in [0.29, 0.717) is 6.04 Å². The Morgan fingerprint density at radius 3 is 2.11 bits per heavy atom. The minimum atomic E-state index is 0.618. The van der Waals surface area contributed by atoms with Crippen LogP contribution in [0.1, 0.15) is 72.1 Å². The average molecular weight is 266 g/mol. The van der Waals surface area contributed by atoms with Gasteiger partial charge in [0.25, 0.3) is 0 Å². The van der Waals surface area contributed by atoms with E-state index >= 15 is 0 Å². The Morgan fingerprint density at radius 1 is 0.895 bits per heavy atom. The van der Waals surface area contributed by atoms with Crippen molar-refractivity contribution < 1.29 is 0 Å². The lowest BCUT2D eigenvalue weighted by atomic mass is 9.86. The normalized spacial score (nSPS) is 38.1. The van der Waals surface area contributed by atoms with Crippen LogP contribution in [-0.4, -0.2) is 24.7 Å². The van der Waals surface area contributed by atoms with Crippen molar-refractivity contribution in [3.8, 4) is 0 Å². The van der Waals surface area contributed by atoms with Gasteiger partial charge in [0, 0.05) is 24.7 Å². The first-order valence-electron chi connectivity index (χ1n) is 8.63. The Morgan fingerprint density at radius 2 is 1.47 bits per heavy atom. The third kappa shape index (κ3) is 5.43. The minimum absolute atomic E-state index is 0.618. The van der Waals surface area contributed by atoms with Crippen molar-refractivity contribution in [2.45, 2.75) is 90.3 Å². The summed E-state index contributed by atoms with van der Waals surface area (Å²) >= 11 is 0. The first-order valence-corrected chi connectivity index (χ1v) is 8.63. The zero-order chi connectivity index (χ0) is 13.7. The van der Waals surface area contributed by atoms with Gasteiger partial charge < -0.3 is 10.6 Å². The van der Waals surface area contributed by atoms with E-state index in [2.05, 4.69) is 31.4 Å². The van der Waals surface area contributed by atoms with Crippen LogP contribution in [0.25, 0.3) is 0 Å². The van der Waals surface area contributed by atoms with Crippen molar-refractivity contribution in [2.24, 2.45) is 11.8 Å². The van der Waals surface area contributed by atoms with Crippen LogP contribution >= 0.6 is 0 Å². The second-order valence-electron chi connectivity index (χ2n) is 7.41. The van der Waals surface area contributed by atoms with E-state index in [9.17, 15) is 0 Å². The maximum atomic E-state index is 3.84. The molecule has 2 heteroatoms. The summed E-state index contributed by atoms with van der Waals surface area (Å²) in [5, 5.41) is 7.63. The fourth-order valence-electron chi connectivity index (χ4n) is 4.01. The SMILES string of the molecule is CC1CCCC(NCC(C)NC2CCCC(C)C2)C1. The average Bonchev–Trinajstić information content (AvgIpc) is 2.36. The molecule has 0 aromatic rings. The van der Waals surface area contributed by atoms with E-state index in [1.807, 2.05) is 0 Å². The molecule has 0 radical (unpaired) electrons. The smallest absolute Gasteiger partial charge is 0.0166 e. The summed E-state index contributed by atoms with van der Waals surface area (Å²) in [7, 11) is 0. The lowest BCUT2D eigenvalue weighted by Gasteiger charge is -2.32. The van der Waals surface area contributed by atoms with Gasteiger partial charge in [0.1, 0.15) is 0 Å². The van der Waals surface area contributed by atoms with Crippen molar-refractivity contribution in [1.82, 2.24) is 10.6 Å². The van der Waals surface area contributed by atoms with Crippen LogP contribution in [0.3, 0.4) is 0 Å². The maximum Gasteiger partial charge on any atom is 0.0166 e. The summed E-state index contributed by atoms with van der Waals surface area (Å²) in [6, 6.07) is 2.16. The number of hydrogen-bond donors (Lipinski definition) is 2. The van der Waals surface area contributed by atoms with Gasteiger partial charge >= 0.3 is 0 Å². The fraction of sp³-hybridized carbons (Fsp3) is 1.00. The molecule has 2 aliphatic carbocycles. The molecule has 0 heterocycles. The van der Waals surface area contributed by atoms with Crippen LogP contribution in [0.2, 0.25) is 0 Å². The predicted octanol–water partition coefficient (Wildman–Crippen LogP) is 3.71. The number of rotatable bonds is 5. The van der Waals surface area contributed by atoms with Gasteiger partial charge in [-0.15, -0.1) is 0 Å². The van der Waals surface area contributed by atoms with Gasteiger partial charge in [-0.05, 0) is 44.4 Å². The summed E-state index contributed by atoms with van der Waals surface area (Å²) in [4.78, 5) is 0. The largest absolute Gasteiger partial charge is 0.312 e. The van der Waals surface area contributed by atoms with Crippen molar-refractivity contribution in [3.05, 3.63) is 0 Å². The molecule has 2 nitrogen and oxygen atoms in total. The summed E-state index contributed by atoms with van der Waals surface area (Å²) < 4.78 is 0. The molecule has 0 bridgehead atoms. The molecule has 0 aromatic heterocycles. The highest BCUT2D eigenvalue weighted by Gasteiger charge is 2.21. The van der Waals surface area contributed by atoms with Crippen LogP contribution in [0.5, 0.6) is 0 Å².